The Bertz CT molecular complexity index is 428. The van der Waals surface area contributed by atoms with Gasteiger partial charge in [0.1, 0.15) is 12.2 Å². The number of carbonyl (C=O) groups is 1. The molecule has 0 fully saturated rings. The van der Waals surface area contributed by atoms with Gasteiger partial charge in [-0.25, -0.2) is 4.79 Å². The van der Waals surface area contributed by atoms with Crippen molar-refractivity contribution in [3.63, 3.8) is 0 Å². The van der Waals surface area contributed by atoms with Crippen molar-refractivity contribution >= 4 is 5.97 Å². The number of hydrogen-bond acceptors (Lipinski definition) is 4. The maximum absolute atomic E-state index is 11.2. The van der Waals surface area contributed by atoms with Crippen LogP contribution in [0.5, 0.6) is 11.5 Å². The minimum Gasteiger partial charge on any atom is -0.490 e. The first-order valence-corrected chi connectivity index (χ1v) is 6.75. The molecule has 0 heterocycles. The van der Waals surface area contributed by atoms with Gasteiger partial charge in [-0.15, -0.1) is 0 Å². The highest BCUT2D eigenvalue weighted by Crippen LogP contribution is 2.31. The summed E-state index contributed by atoms with van der Waals surface area (Å²) in [6.45, 7) is 7.77. The Morgan fingerprint density at radius 2 is 2.00 bits per heavy atom. The van der Waals surface area contributed by atoms with Gasteiger partial charge in [-0.05, 0) is 25.0 Å². The highest BCUT2D eigenvalue weighted by Gasteiger charge is 2.16. The van der Waals surface area contributed by atoms with Crippen LogP contribution in [-0.4, -0.2) is 37.5 Å². The molecule has 20 heavy (non-hydrogen) atoms. The van der Waals surface area contributed by atoms with Gasteiger partial charge in [0.15, 0.2) is 11.5 Å². The number of carboxylic acids is 1. The summed E-state index contributed by atoms with van der Waals surface area (Å²) in [7, 11) is 0. The lowest BCUT2D eigenvalue weighted by Gasteiger charge is -2.14. The van der Waals surface area contributed by atoms with Crippen LogP contribution in [-0.2, 0) is 4.74 Å². The zero-order chi connectivity index (χ0) is 15.0. The van der Waals surface area contributed by atoms with Crippen molar-refractivity contribution in [1.82, 2.24) is 0 Å². The molecule has 1 rings (SSSR count). The molecule has 0 saturated carbocycles. The topological polar surface area (TPSA) is 65.0 Å². The third kappa shape index (κ3) is 5.09. The van der Waals surface area contributed by atoms with Gasteiger partial charge in [0.2, 0.25) is 0 Å². The second-order valence-electron chi connectivity index (χ2n) is 4.69. The van der Waals surface area contributed by atoms with E-state index in [4.69, 9.17) is 19.3 Å². The lowest BCUT2D eigenvalue weighted by molar-refractivity contribution is 0.0674. The van der Waals surface area contributed by atoms with Crippen LogP contribution < -0.4 is 9.47 Å². The number of rotatable bonds is 9. The Labute approximate surface area is 119 Å². The normalized spacial score (nSPS) is 10.6. The average Bonchev–Trinajstić information content (AvgIpc) is 2.39. The predicted molar refractivity (Wildman–Crippen MR) is 75.7 cm³/mol. The van der Waals surface area contributed by atoms with Crippen molar-refractivity contribution in [2.24, 2.45) is 5.92 Å². The molecule has 0 unspecified atom stereocenters. The number of carboxylic acid groups (broad SMARTS) is 1. The Morgan fingerprint density at radius 3 is 2.60 bits per heavy atom. The van der Waals surface area contributed by atoms with Gasteiger partial charge in [-0.3, -0.25) is 0 Å². The Kier molecular flexibility index (Phi) is 6.87. The van der Waals surface area contributed by atoms with E-state index < -0.39 is 5.97 Å². The minimum atomic E-state index is -1.04. The van der Waals surface area contributed by atoms with Crippen molar-refractivity contribution in [3.05, 3.63) is 23.8 Å². The van der Waals surface area contributed by atoms with Crippen LogP contribution in [0.25, 0.3) is 0 Å². The number of hydrogen-bond donors (Lipinski definition) is 1. The van der Waals surface area contributed by atoms with E-state index in [2.05, 4.69) is 13.8 Å². The summed E-state index contributed by atoms with van der Waals surface area (Å²) in [6.07, 6.45) is 0. The van der Waals surface area contributed by atoms with Crippen molar-refractivity contribution < 1.29 is 24.1 Å². The molecular weight excluding hydrogens is 260 g/mol. The van der Waals surface area contributed by atoms with Gasteiger partial charge in [-0.2, -0.15) is 0 Å². The summed E-state index contributed by atoms with van der Waals surface area (Å²) in [5.74, 6) is 0.121. The molecule has 0 aliphatic rings. The molecule has 0 aliphatic carbocycles. The van der Waals surface area contributed by atoms with Crippen LogP contribution in [0.1, 0.15) is 31.1 Å². The fourth-order valence-electron chi connectivity index (χ4n) is 1.62. The highest BCUT2D eigenvalue weighted by atomic mass is 16.5. The molecule has 0 aliphatic heterocycles. The summed E-state index contributed by atoms with van der Waals surface area (Å²) >= 11 is 0. The molecule has 1 N–H and O–H groups in total. The van der Waals surface area contributed by atoms with Crippen LogP contribution in [0.2, 0.25) is 0 Å². The molecule has 0 bridgehead atoms. The van der Waals surface area contributed by atoms with Crippen LogP contribution in [0, 0.1) is 5.92 Å². The number of ether oxygens (including phenoxy) is 3. The maximum atomic E-state index is 11.2. The van der Waals surface area contributed by atoms with Gasteiger partial charge in [0, 0.05) is 6.61 Å². The van der Waals surface area contributed by atoms with Crippen LogP contribution >= 0.6 is 0 Å². The smallest absolute Gasteiger partial charge is 0.339 e. The van der Waals surface area contributed by atoms with Gasteiger partial charge in [0.05, 0.1) is 13.2 Å². The fraction of sp³-hybridized carbons (Fsp3) is 0.533. The zero-order valence-electron chi connectivity index (χ0n) is 12.2. The molecule has 1 aromatic rings. The van der Waals surface area contributed by atoms with Gasteiger partial charge < -0.3 is 19.3 Å². The largest absolute Gasteiger partial charge is 0.490 e. The SMILES string of the molecule is CCOc1cccc(C(=O)O)c1OCCOCC(C)C. The molecule has 0 aromatic heterocycles. The Morgan fingerprint density at radius 1 is 1.25 bits per heavy atom. The van der Waals surface area contributed by atoms with E-state index in [-0.39, 0.29) is 17.9 Å². The molecule has 112 valence electrons. The molecular formula is C15H22O5. The standard InChI is InChI=1S/C15H22O5/c1-4-19-13-7-5-6-12(15(16)17)14(13)20-9-8-18-10-11(2)3/h5-7,11H,4,8-10H2,1-3H3,(H,16,17). The summed E-state index contributed by atoms with van der Waals surface area (Å²) < 4.78 is 16.3. The fourth-order valence-corrected chi connectivity index (χ4v) is 1.62. The monoisotopic (exact) mass is 282 g/mol. The van der Waals surface area contributed by atoms with Crippen LogP contribution in [0.4, 0.5) is 0 Å². The Balaban J connectivity index is 2.67. The molecule has 1 aromatic carbocycles. The molecule has 0 amide bonds. The molecule has 0 atom stereocenters. The van der Waals surface area contributed by atoms with E-state index in [9.17, 15) is 4.79 Å². The van der Waals surface area contributed by atoms with Crippen molar-refractivity contribution in [1.29, 1.82) is 0 Å². The molecule has 0 radical (unpaired) electrons. The molecule has 0 spiro atoms. The van der Waals surface area contributed by atoms with E-state index in [1.165, 1.54) is 6.07 Å². The van der Waals surface area contributed by atoms with Crippen LogP contribution in [0.15, 0.2) is 18.2 Å². The van der Waals surface area contributed by atoms with E-state index >= 15 is 0 Å². The third-order valence-electron chi connectivity index (χ3n) is 2.43. The lowest BCUT2D eigenvalue weighted by atomic mass is 10.2. The number of benzene rings is 1. The third-order valence-corrected chi connectivity index (χ3v) is 2.43. The van der Waals surface area contributed by atoms with E-state index in [0.717, 1.165) is 0 Å². The first-order valence-electron chi connectivity index (χ1n) is 6.75. The quantitative estimate of drug-likeness (QED) is 0.705. The zero-order valence-corrected chi connectivity index (χ0v) is 12.2. The Hall–Kier alpha value is -1.75. The van der Waals surface area contributed by atoms with E-state index in [0.29, 0.717) is 31.5 Å². The van der Waals surface area contributed by atoms with Gasteiger partial charge in [-0.1, -0.05) is 19.9 Å². The highest BCUT2D eigenvalue weighted by molar-refractivity contribution is 5.92. The first-order chi connectivity index (χ1) is 9.56. The summed E-state index contributed by atoms with van der Waals surface area (Å²) in [5, 5.41) is 9.17. The molecule has 5 heteroatoms. The maximum Gasteiger partial charge on any atom is 0.339 e. The predicted octanol–water partition coefficient (Wildman–Crippen LogP) is 2.83. The second-order valence-corrected chi connectivity index (χ2v) is 4.69. The summed E-state index contributed by atoms with van der Waals surface area (Å²) in [4.78, 5) is 11.2. The van der Waals surface area contributed by atoms with Gasteiger partial charge >= 0.3 is 5.97 Å². The summed E-state index contributed by atoms with van der Waals surface area (Å²) in [6, 6.07) is 4.83. The first kappa shape index (κ1) is 16.3. The minimum absolute atomic E-state index is 0.0970. The lowest BCUT2D eigenvalue weighted by Crippen LogP contribution is -2.12. The van der Waals surface area contributed by atoms with Gasteiger partial charge in [0.25, 0.3) is 0 Å². The summed E-state index contributed by atoms with van der Waals surface area (Å²) in [5.41, 5.74) is 0.0970. The van der Waals surface area contributed by atoms with E-state index in [1.54, 1.807) is 12.1 Å². The second kappa shape index (κ2) is 8.43. The number of aromatic carboxylic acids is 1. The number of para-hydroxylation sites is 1. The van der Waals surface area contributed by atoms with Crippen molar-refractivity contribution in [2.75, 3.05) is 26.4 Å². The molecule has 5 nitrogen and oxygen atoms in total. The van der Waals surface area contributed by atoms with Crippen molar-refractivity contribution in [3.8, 4) is 11.5 Å². The average molecular weight is 282 g/mol. The van der Waals surface area contributed by atoms with E-state index in [1.807, 2.05) is 6.92 Å². The molecule has 0 saturated heterocycles. The van der Waals surface area contributed by atoms with Crippen LogP contribution in [0.3, 0.4) is 0 Å². The van der Waals surface area contributed by atoms with Crippen molar-refractivity contribution in [2.45, 2.75) is 20.8 Å².